The topological polar surface area (TPSA) is 34.1 Å². The van der Waals surface area contributed by atoms with Crippen molar-refractivity contribution in [1.82, 2.24) is 4.98 Å². The SMILES string of the molecule is COCNc1cc(Cl)cnc1Br.Cc1cc(S)ccc1Cl. The molecule has 0 fully saturated rings. The number of benzene rings is 1. The van der Waals surface area contributed by atoms with Crippen molar-refractivity contribution in [2.24, 2.45) is 0 Å². The van der Waals surface area contributed by atoms with Gasteiger partial charge in [-0.25, -0.2) is 4.98 Å². The zero-order chi connectivity index (χ0) is 15.8. The van der Waals surface area contributed by atoms with Crippen LogP contribution in [0, 0.1) is 6.92 Å². The molecule has 2 aromatic rings. The van der Waals surface area contributed by atoms with Crippen LogP contribution in [0.2, 0.25) is 10.0 Å². The van der Waals surface area contributed by atoms with E-state index in [4.69, 9.17) is 27.9 Å². The van der Waals surface area contributed by atoms with Crippen LogP contribution in [0.1, 0.15) is 5.56 Å². The second kappa shape index (κ2) is 9.54. The molecule has 7 heteroatoms. The third-order valence-electron chi connectivity index (χ3n) is 2.35. The first-order chi connectivity index (χ1) is 9.93. The standard InChI is InChI=1S/C7H8BrClN2O.C7H7ClS/c1-12-4-11-6-2-5(9)3-10-7(6)8;1-5-4-6(9)2-3-7(5)8/h2-3,11H,4H2,1H3;2-4,9H,1H3. The summed E-state index contributed by atoms with van der Waals surface area (Å²) in [5, 5.41) is 4.38. The molecule has 1 N–H and O–H groups in total. The van der Waals surface area contributed by atoms with Crippen LogP contribution >= 0.6 is 51.8 Å². The number of ether oxygens (including phenoxy) is 1. The number of pyridine rings is 1. The molecule has 0 amide bonds. The number of methoxy groups -OCH3 is 1. The van der Waals surface area contributed by atoms with Crippen LogP contribution in [0.15, 0.2) is 40.0 Å². The van der Waals surface area contributed by atoms with Crippen LogP contribution in [0.4, 0.5) is 5.69 Å². The minimum absolute atomic E-state index is 0.431. The van der Waals surface area contributed by atoms with Gasteiger partial charge in [-0.05, 0) is 52.7 Å². The summed E-state index contributed by atoms with van der Waals surface area (Å²) in [5.74, 6) is 0. The summed E-state index contributed by atoms with van der Waals surface area (Å²) in [4.78, 5) is 4.95. The Balaban J connectivity index is 0.000000219. The summed E-state index contributed by atoms with van der Waals surface area (Å²) in [7, 11) is 1.61. The van der Waals surface area contributed by atoms with Crippen molar-refractivity contribution >= 4 is 57.4 Å². The monoisotopic (exact) mass is 408 g/mol. The van der Waals surface area contributed by atoms with Crippen molar-refractivity contribution in [1.29, 1.82) is 0 Å². The minimum atomic E-state index is 0.431. The quantitative estimate of drug-likeness (QED) is 0.401. The zero-order valence-corrected chi connectivity index (χ0v) is 15.5. The highest BCUT2D eigenvalue weighted by molar-refractivity contribution is 9.10. The Morgan fingerprint density at radius 3 is 2.62 bits per heavy atom. The smallest absolute Gasteiger partial charge is 0.129 e. The first-order valence-electron chi connectivity index (χ1n) is 5.93. The fraction of sp³-hybridized carbons (Fsp3) is 0.214. The Labute approximate surface area is 148 Å². The van der Waals surface area contributed by atoms with E-state index in [1.807, 2.05) is 25.1 Å². The number of hydrogen-bond acceptors (Lipinski definition) is 4. The third-order valence-corrected chi connectivity index (χ3v) is 3.90. The lowest BCUT2D eigenvalue weighted by atomic mass is 10.2. The molecule has 0 aliphatic rings. The van der Waals surface area contributed by atoms with E-state index in [2.05, 4.69) is 38.9 Å². The third kappa shape index (κ3) is 6.89. The van der Waals surface area contributed by atoms with Gasteiger partial charge in [0.1, 0.15) is 11.3 Å². The predicted octanol–water partition coefficient (Wildman–Crippen LogP) is 5.45. The van der Waals surface area contributed by atoms with Gasteiger partial charge in [-0.3, -0.25) is 0 Å². The summed E-state index contributed by atoms with van der Waals surface area (Å²) >= 11 is 18.9. The number of hydrogen-bond donors (Lipinski definition) is 2. The summed E-state index contributed by atoms with van der Waals surface area (Å²) in [5.41, 5.74) is 1.90. The second-order valence-corrected chi connectivity index (χ2v) is 6.15. The highest BCUT2D eigenvalue weighted by Gasteiger charge is 2.00. The maximum Gasteiger partial charge on any atom is 0.129 e. The molecule has 0 spiro atoms. The van der Waals surface area contributed by atoms with Crippen molar-refractivity contribution in [3.63, 3.8) is 0 Å². The van der Waals surface area contributed by atoms with Crippen LogP contribution in [0.3, 0.4) is 0 Å². The Kier molecular flexibility index (Phi) is 8.44. The minimum Gasteiger partial charge on any atom is -0.365 e. The van der Waals surface area contributed by atoms with Gasteiger partial charge in [-0.2, -0.15) is 0 Å². The maximum absolute atomic E-state index is 5.75. The molecule has 3 nitrogen and oxygen atoms in total. The van der Waals surface area contributed by atoms with E-state index in [0.717, 1.165) is 25.8 Å². The Hall–Kier alpha value is -0.460. The molecule has 114 valence electrons. The molecule has 0 aliphatic heterocycles. The molecule has 1 heterocycles. The predicted molar refractivity (Wildman–Crippen MR) is 95.9 cm³/mol. The average Bonchev–Trinajstić information content (AvgIpc) is 2.45. The van der Waals surface area contributed by atoms with Crippen LogP contribution in [0.25, 0.3) is 0 Å². The van der Waals surface area contributed by atoms with E-state index < -0.39 is 0 Å². The van der Waals surface area contributed by atoms with Gasteiger partial charge in [0.2, 0.25) is 0 Å². The fourth-order valence-electron chi connectivity index (χ4n) is 1.33. The van der Waals surface area contributed by atoms with E-state index in [1.165, 1.54) is 0 Å². The first-order valence-corrected chi connectivity index (χ1v) is 7.92. The summed E-state index contributed by atoms with van der Waals surface area (Å²) < 4.78 is 5.56. The lowest BCUT2D eigenvalue weighted by molar-refractivity contribution is 0.221. The van der Waals surface area contributed by atoms with Gasteiger partial charge >= 0.3 is 0 Å². The number of aryl methyl sites for hydroxylation is 1. The average molecular weight is 410 g/mol. The summed E-state index contributed by atoms with van der Waals surface area (Å²) in [6, 6.07) is 7.43. The number of aromatic nitrogens is 1. The molecule has 0 atom stereocenters. The molecular weight excluding hydrogens is 395 g/mol. The van der Waals surface area contributed by atoms with E-state index in [0.29, 0.717) is 11.8 Å². The van der Waals surface area contributed by atoms with Gasteiger partial charge in [0.05, 0.1) is 10.7 Å². The van der Waals surface area contributed by atoms with Crippen molar-refractivity contribution in [2.45, 2.75) is 11.8 Å². The van der Waals surface area contributed by atoms with Crippen molar-refractivity contribution in [2.75, 3.05) is 19.2 Å². The van der Waals surface area contributed by atoms with Gasteiger partial charge in [0, 0.05) is 23.2 Å². The molecule has 0 unspecified atom stereocenters. The Morgan fingerprint density at radius 2 is 2.05 bits per heavy atom. The molecule has 0 saturated heterocycles. The fourth-order valence-corrected chi connectivity index (χ4v) is 2.23. The van der Waals surface area contributed by atoms with E-state index in [-0.39, 0.29) is 0 Å². The van der Waals surface area contributed by atoms with Crippen molar-refractivity contribution in [3.8, 4) is 0 Å². The van der Waals surface area contributed by atoms with E-state index in [9.17, 15) is 0 Å². The Morgan fingerprint density at radius 1 is 1.33 bits per heavy atom. The van der Waals surface area contributed by atoms with Crippen LogP contribution in [-0.4, -0.2) is 18.8 Å². The highest BCUT2D eigenvalue weighted by Crippen LogP contribution is 2.22. The number of halogens is 3. The molecule has 0 aliphatic carbocycles. The largest absolute Gasteiger partial charge is 0.365 e. The first kappa shape index (κ1) is 18.6. The van der Waals surface area contributed by atoms with Gasteiger partial charge in [-0.15, -0.1) is 12.6 Å². The van der Waals surface area contributed by atoms with Crippen LogP contribution < -0.4 is 5.32 Å². The molecule has 21 heavy (non-hydrogen) atoms. The van der Waals surface area contributed by atoms with Gasteiger partial charge < -0.3 is 10.1 Å². The molecule has 0 saturated carbocycles. The summed E-state index contributed by atoms with van der Waals surface area (Å²) in [6.07, 6.45) is 1.57. The number of anilines is 1. The van der Waals surface area contributed by atoms with Gasteiger partial charge in [0.25, 0.3) is 0 Å². The lowest BCUT2D eigenvalue weighted by Crippen LogP contribution is -2.03. The van der Waals surface area contributed by atoms with Gasteiger partial charge in [-0.1, -0.05) is 23.2 Å². The molecule has 2 rings (SSSR count). The lowest BCUT2D eigenvalue weighted by Gasteiger charge is -2.06. The van der Waals surface area contributed by atoms with Crippen molar-refractivity contribution in [3.05, 3.63) is 50.7 Å². The van der Waals surface area contributed by atoms with E-state index >= 15 is 0 Å². The van der Waals surface area contributed by atoms with E-state index in [1.54, 1.807) is 19.4 Å². The van der Waals surface area contributed by atoms with Crippen molar-refractivity contribution < 1.29 is 4.74 Å². The van der Waals surface area contributed by atoms with Crippen LogP contribution in [-0.2, 0) is 4.74 Å². The number of nitrogens with zero attached hydrogens (tertiary/aromatic N) is 1. The number of rotatable bonds is 3. The molecule has 1 aromatic heterocycles. The molecule has 1 aromatic carbocycles. The van der Waals surface area contributed by atoms with Crippen LogP contribution in [0.5, 0.6) is 0 Å². The molecule has 0 radical (unpaired) electrons. The molecule has 0 bridgehead atoms. The summed E-state index contributed by atoms with van der Waals surface area (Å²) in [6.45, 7) is 2.39. The molecular formula is C14H15BrCl2N2OS. The Bertz CT molecular complexity index is 599. The normalized spacial score (nSPS) is 9.81. The number of nitrogens with one attached hydrogen (secondary N) is 1. The second-order valence-electron chi connectivity index (χ2n) is 4.04. The zero-order valence-electron chi connectivity index (χ0n) is 11.5. The number of thiol groups is 1. The highest BCUT2D eigenvalue weighted by atomic mass is 79.9. The maximum atomic E-state index is 5.75. The van der Waals surface area contributed by atoms with Gasteiger partial charge in [0.15, 0.2) is 0 Å².